The molecule has 27 heavy (non-hydrogen) atoms. The zero-order valence-corrected chi connectivity index (χ0v) is 17.2. The van der Waals surface area contributed by atoms with Crippen LogP contribution in [0.25, 0.3) is 0 Å². The van der Waals surface area contributed by atoms with Gasteiger partial charge in [0.2, 0.25) is 0 Å². The van der Waals surface area contributed by atoms with Crippen molar-refractivity contribution in [3.05, 3.63) is 92.9 Å². The number of halogens is 2. The third kappa shape index (κ3) is 5.28. The van der Waals surface area contributed by atoms with Gasteiger partial charge in [0.25, 0.3) is 0 Å². The van der Waals surface area contributed by atoms with E-state index in [1.54, 1.807) is 42.5 Å². The van der Waals surface area contributed by atoms with Crippen LogP contribution in [0.1, 0.15) is 15.9 Å². The number of ether oxygens (including phenoxy) is 2. The molecule has 0 spiro atoms. The van der Waals surface area contributed by atoms with Gasteiger partial charge in [-0.05, 0) is 58.4 Å². The lowest BCUT2D eigenvalue weighted by Gasteiger charge is -2.09. The van der Waals surface area contributed by atoms with E-state index in [0.717, 1.165) is 8.95 Å². The van der Waals surface area contributed by atoms with Crippen LogP contribution >= 0.6 is 31.9 Å². The Morgan fingerprint density at radius 3 is 2.15 bits per heavy atom. The zero-order valence-electron chi connectivity index (χ0n) is 14.0. The average Bonchev–Trinajstić information content (AvgIpc) is 2.68. The largest absolute Gasteiger partial charge is 0.481 e. The van der Waals surface area contributed by atoms with E-state index in [2.05, 4.69) is 31.9 Å². The fourth-order valence-electron chi connectivity index (χ4n) is 2.32. The Kier molecular flexibility index (Phi) is 6.42. The van der Waals surface area contributed by atoms with Crippen LogP contribution in [0.2, 0.25) is 0 Å². The van der Waals surface area contributed by atoms with Gasteiger partial charge in [-0.15, -0.1) is 0 Å². The van der Waals surface area contributed by atoms with Crippen molar-refractivity contribution in [3.8, 4) is 11.5 Å². The fraction of sp³-hybridized carbons (Fsp3) is 0.0476. The third-order valence-electron chi connectivity index (χ3n) is 3.62. The van der Waals surface area contributed by atoms with Crippen LogP contribution < -0.4 is 9.47 Å². The minimum Gasteiger partial charge on any atom is -0.481 e. The molecule has 0 fully saturated rings. The molecule has 4 nitrogen and oxygen atoms in total. The maximum atomic E-state index is 12.4. The molecule has 0 atom stereocenters. The molecule has 0 amide bonds. The molecule has 6 heteroatoms. The van der Waals surface area contributed by atoms with Gasteiger partial charge in [0.1, 0.15) is 11.5 Å². The van der Waals surface area contributed by atoms with Crippen LogP contribution in [0.15, 0.2) is 81.7 Å². The van der Waals surface area contributed by atoms with Crippen molar-refractivity contribution in [1.29, 1.82) is 0 Å². The molecular weight excluding hydrogens is 476 g/mol. The summed E-state index contributed by atoms with van der Waals surface area (Å²) < 4.78 is 12.3. The van der Waals surface area contributed by atoms with E-state index in [1.165, 1.54) is 0 Å². The number of esters is 1. The van der Waals surface area contributed by atoms with Crippen molar-refractivity contribution in [3.63, 3.8) is 0 Å². The average molecular weight is 490 g/mol. The van der Waals surface area contributed by atoms with Crippen molar-refractivity contribution in [1.82, 2.24) is 0 Å². The van der Waals surface area contributed by atoms with Gasteiger partial charge in [-0.2, -0.15) is 0 Å². The predicted octanol–water partition coefficient (Wildman–Crippen LogP) is 5.43. The van der Waals surface area contributed by atoms with Gasteiger partial charge in [0, 0.05) is 15.6 Å². The Morgan fingerprint density at radius 2 is 1.48 bits per heavy atom. The lowest BCUT2D eigenvalue weighted by Crippen LogP contribution is -2.17. The molecule has 0 N–H and O–H groups in total. The van der Waals surface area contributed by atoms with Crippen molar-refractivity contribution in [2.75, 3.05) is 6.61 Å². The molecule has 3 aromatic carbocycles. The van der Waals surface area contributed by atoms with Gasteiger partial charge in [-0.1, -0.05) is 46.3 Å². The van der Waals surface area contributed by atoms with Crippen LogP contribution in [0, 0.1) is 0 Å². The minimum atomic E-state index is -0.535. The monoisotopic (exact) mass is 488 g/mol. The summed E-state index contributed by atoms with van der Waals surface area (Å²) in [6, 6.07) is 20.8. The van der Waals surface area contributed by atoms with Crippen LogP contribution in [-0.4, -0.2) is 18.4 Å². The predicted molar refractivity (Wildman–Crippen MR) is 109 cm³/mol. The molecule has 136 valence electrons. The van der Waals surface area contributed by atoms with Crippen molar-refractivity contribution in [2.45, 2.75) is 0 Å². The molecule has 0 heterocycles. The lowest BCUT2D eigenvalue weighted by molar-refractivity contribution is -0.136. The Balaban J connectivity index is 1.57. The number of rotatable bonds is 6. The van der Waals surface area contributed by atoms with E-state index in [1.807, 2.05) is 30.3 Å². The van der Waals surface area contributed by atoms with Crippen molar-refractivity contribution >= 4 is 43.6 Å². The first-order chi connectivity index (χ1) is 13.0. The molecule has 0 saturated heterocycles. The first-order valence-corrected chi connectivity index (χ1v) is 9.60. The molecule has 3 aromatic rings. The number of carbonyl (C=O) groups excluding carboxylic acids is 2. The highest BCUT2D eigenvalue weighted by Gasteiger charge is 2.11. The Labute approximate surface area is 173 Å². The highest BCUT2D eigenvalue weighted by atomic mass is 79.9. The SMILES string of the molecule is O=C(COc1ccc(Br)cc1Br)Oc1ccc(C(=O)c2ccccc2)cc1. The molecule has 3 rings (SSSR count). The molecule has 0 radical (unpaired) electrons. The van der Waals surface area contributed by atoms with E-state index in [4.69, 9.17) is 9.47 Å². The molecule has 0 aliphatic rings. The van der Waals surface area contributed by atoms with E-state index in [-0.39, 0.29) is 12.4 Å². The first kappa shape index (κ1) is 19.3. The maximum Gasteiger partial charge on any atom is 0.349 e. The molecule has 0 saturated carbocycles. The topological polar surface area (TPSA) is 52.6 Å². The van der Waals surface area contributed by atoms with E-state index in [9.17, 15) is 9.59 Å². The number of carbonyl (C=O) groups is 2. The summed E-state index contributed by atoms with van der Waals surface area (Å²) in [4.78, 5) is 24.3. The Morgan fingerprint density at radius 1 is 0.815 bits per heavy atom. The van der Waals surface area contributed by atoms with Crippen LogP contribution in [-0.2, 0) is 4.79 Å². The van der Waals surface area contributed by atoms with Crippen LogP contribution in [0.5, 0.6) is 11.5 Å². The summed E-state index contributed by atoms with van der Waals surface area (Å²) >= 11 is 6.72. The fourth-order valence-corrected chi connectivity index (χ4v) is 3.48. The molecule has 0 aliphatic heterocycles. The highest BCUT2D eigenvalue weighted by molar-refractivity contribution is 9.11. The molecule has 0 aliphatic carbocycles. The lowest BCUT2D eigenvalue weighted by atomic mass is 10.0. The quantitative estimate of drug-likeness (QED) is 0.263. The van der Waals surface area contributed by atoms with E-state index < -0.39 is 5.97 Å². The second kappa shape index (κ2) is 8.97. The minimum absolute atomic E-state index is 0.0862. The van der Waals surface area contributed by atoms with Gasteiger partial charge in [-0.3, -0.25) is 4.79 Å². The normalized spacial score (nSPS) is 10.3. The van der Waals surface area contributed by atoms with Crippen molar-refractivity contribution in [2.24, 2.45) is 0 Å². The van der Waals surface area contributed by atoms with Crippen LogP contribution in [0.3, 0.4) is 0 Å². The van der Waals surface area contributed by atoms with Crippen LogP contribution in [0.4, 0.5) is 0 Å². The second-order valence-corrected chi connectivity index (χ2v) is 7.33. The van der Waals surface area contributed by atoms with Gasteiger partial charge >= 0.3 is 5.97 Å². The molecule has 0 bridgehead atoms. The molecule has 0 unspecified atom stereocenters. The van der Waals surface area contributed by atoms with E-state index >= 15 is 0 Å². The number of ketones is 1. The molecule has 0 aromatic heterocycles. The number of hydrogen-bond acceptors (Lipinski definition) is 4. The maximum absolute atomic E-state index is 12.4. The summed E-state index contributed by atoms with van der Waals surface area (Å²) in [5, 5.41) is 0. The van der Waals surface area contributed by atoms with Gasteiger partial charge in [-0.25, -0.2) is 4.79 Å². The standard InChI is InChI=1S/C21H14Br2O4/c22-16-8-11-19(18(23)12-16)26-13-20(24)27-17-9-6-15(7-10-17)21(25)14-4-2-1-3-5-14/h1-12H,13H2. The zero-order chi connectivity index (χ0) is 19.2. The Bertz CT molecular complexity index is 954. The first-order valence-electron chi connectivity index (χ1n) is 8.01. The van der Waals surface area contributed by atoms with Gasteiger partial charge in [0.15, 0.2) is 12.4 Å². The smallest absolute Gasteiger partial charge is 0.349 e. The summed E-state index contributed by atoms with van der Waals surface area (Å²) in [6.45, 7) is -0.231. The van der Waals surface area contributed by atoms with Crippen molar-refractivity contribution < 1.29 is 19.1 Å². The highest BCUT2D eigenvalue weighted by Crippen LogP contribution is 2.28. The van der Waals surface area contributed by atoms with Gasteiger partial charge < -0.3 is 9.47 Å². The molecular formula is C21H14Br2O4. The Hall–Kier alpha value is -2.44. The number of benzene rings is 3. The van der Waals surface area contributed by atoms with Gasteiger partial charge in [0.05, 0.1) is 4.47 Å². The third-order valence-corrected chi connectivity index (χ3v) is 4.74. The summed E-state index contributed by atoms with van der Waals surface area (Å²) in [5.74, 6) is 0.269. The second-order valence-electron chi connectivity index (χ2n) is 5.56. The summed E-state index contributed by atoms with van der Waals surface area (Å²) in [6.07, 6.45) is 0. The summed E-state index contributed by atoms with van der Waals surface area (Å²) in [7, 11) is 0. The number of hydrogen-bond donors (Lipinski definition) is 0. The summed E-state index contributed by atoms with van der Waals surface area (Å²) in [5.41, 5.74) is 1.13. The van der Waals surface area contributed by atoms with E-state index in [0.29, 0.717) is 22.6 Å².